The van der Waals surface area contributed by atoms with Gasteiger partial charge in [0.1, 0.15) is 6.10 Å². The van der Waals surface area contributed by atoms with Crippen LogP contribution in [0.15, 0.2) is 24.3 Å². The lowest BCUT2D eigenvalue weighted by Gasteiger charge is -2.37. The van der Waals surface area contributed by atoms with E-state index in [2.05, 4.69) is 29.3 Å². The summed E-state index contributed by atoms with van der Waals surface area (Å²) in [5, 5.41) is 3.99. The molecule has 0 radical (unpaired) electrons. The van der Waals surface area contributed by atoms with Crippen LogP contribution in [0.3, 0.4) is 0 Å². The second-order valence-corrected chi connectivity index (χ2v) is 6.50. The van der Waals surface area contributed by atoms with E-state index in [9.17, 15) is 4.79 Å². The van der Waals surface area contributed by atoms with Crippen LogP contribution in [0.5, 0.6) is 0 Å². The smallest absolute Gasteiger partial charge is 0.251 e. The van der Waals surface area contributed by atoms with E-state index < -0.39 is 0 Å². The SMILES string of the molecule is Cc1ccc(NC(=S)N2CCN(C(=O)C3CCCO3)CC2)cc1. The summed E-state index contributed by atoms with van der Waals surface area (Å²) in [6.07, 6.45) is 1.62. The average molecular weight is 333 g/mol. The molecule has 1 aromatic rings. The molecule has 0 spiro atoms. The monoisotopic (exact) mass is 333 g/mol. The predicted molar refractivity (Wildman–Crippen MR) is 94.5 cm³/mol. The lowest BCUT2D eigenvalue weighted by atomic mass is 10.2. The molecular weight excluding hydrogens is 310 g/mol. The topological polar surface area (TPSA) is 44.8 Å². The maximum atomic E-state index is 12.3. The number of carbonyl (C=O) groups excluding carboxylic acids is 1. The van der Waals surface area contributed by atoms with Crippen molar-refractivity contribution in [1.82, 2.24) is 9.80 Å². The maximum absolute atomic E-state index is 12.3. The molecule has 0 aromatic heterocycles. The van der Waals surface area contributed by atoms with E-state index in [0.717, 1.165) is 36.7 Å². The fraction of sp³-hybridized carbons (Fsp3) is 0.529. The van der Waals surface area contributed by atoms with Crippen LogP contribution in [0.1, 0.15) is 18.4 Å². The maximum Gasteiger partial charge on any atom is 0.251 e. The fourth-order valence-electron chi connectivity index (χ4n) is 2.95. The van der Waals surface area contributed by atoms with Crippen molar-refractivity contribution >= 4 is 28.9 Å². The molecule has 1 amide bonds. The molecule has 2 heterocycles. The Morgan fingerprint density at radius 2 is 1.83 bits per heavy atom. The molecule has 5 nitrogen and oxygen atoms in total. The number of ether oxygens (including phenoxy) is 1. The number of aryl methyl sites for hydroxylation is 1. The summed E-state index contributed by atoms with van der Waals surface area (Å²) in [4.78, 5) is 16.4. The van der Waals surface area contributed by atoms with E-state index >= 15 is 0 Å². The highest BCUT2D eigenvalue weighted by molar-refractivity contribution is 7.80. The van der Waals surface area contributed by atoms with Crippen LogP contribution in [-0.4, -0.2) is 59.7 Å². The molecule has 2 aliphatic heterocycles. The fourth-order valence-corrected chi connectivity index (χ4v) is 3.25. The molecule has 23 heavy (non-hydrogen) atoms. The van der Waals surface area contributed by atoms with Crippen LogP contribution in [0, 0.1) is 6.92 Å². The van der Waals surface area contributed by atoms with Crippen molar-refractivity contribution in [3.63, 3.8) is 0 Å². The standard InChI is InChI=1S/C17H23N3O2S/c1-13-4-6-14(7-5-13)18-17(23)20-10-8-19(9-11-20)16(21)15-3-2-12-22-15/h4-7,15H,2-3,8-12H2,1H3,(H,18,23). The van der Waals surface area contributed by atoms with Crippen molar-refractivity contribution in [2.45, 2.75) is 25.9 Å². The number of benzene rings is 1. The number of thiocarbonyl (C=S) groups is 1. The first-order chi connectivity index (χ1) is 11.1. The molecule has 1 atom stereocenters. The normalized spacial score (nSPS) is 21.3. The number of carbonyl (C=O) groups is 1. The van der Waals surface area contributed by atoms with Crippen LogP contribution < -0.4 is 5.32 Å². The van der Waals surface area contributed by atoms with Gasteiger partial charge >= 0.3 is 0 Å². The molecule has 2 aliphatic rings. The lowest BCUT2D eigenvalue weighted by Crippen LogP contribution is -2.53. The molecule has 1 aromatic carbocycles. The van der Waals surface area contributed by atoms with E-state index in [-0.39, 0.29) is 12.0 Å². The van der Waals surface area contributed by atoms with Gasteiger partial charge in [0.25, 0.3) is 5.91 Å². The number of amides is 1. The van der Waals surface area contributed by atoms with Crippen molar-refractivity contribution in [2.75, 3.05) is 38.1 Å². The Hall–Kier alpha value is -1.66. The highest BCUT2D eigenvalue weighted by Crippen LogP contribution is 2.16. The number of anilines is 1. The second-order valence-electron chi connectivity index (χ2n) is 6.11. The minimum Gasteiger partial charge on any atom is -0.368 e. The summed E-state index contributed by atoms with van der Waals surface area (Å²) in [6.45, 7) is 5.70. The van der Waals surface area contributed by atoms with Crippen LogP contribution in [0.25, 0.3) is 0 Å². The quantitative estimate of drug-likeness (QED) is 0.839. The lowest BCUT2D eigenvalue weighted by molar-refractivity contribution is -0.142. The van der Waals surface area contributed by atoms with E-state index in [1.807, 2.05) is 17.0 Å². The minimum absolute atomic E-state index is 0.138. The second kappa shape index (κ2) is 7.27. The first-order valence-corrected chi connectivity index (χ1v) is 8.57. The Balaban J connectivity index is 1.49. The molecule has 1 N–H and O–H groups in total. The van der Waals surface area contributed by atoms with E-state index in [0.29, 0.717) is 19.7 Å². The first kappa shape index (κ1) is 16.2. The largest absolute Gasteiger partial charge is 0.368 e. The van der Waals surface area contributed by atoms with E-state index in [1.54, 1.807) is 0 Å². The van der Waals surface area contributed by atoms with Gasteiger partial charge < -0.3 is 19.9 Å². The third-order valence-electron chi connectivity index (χ3n) is 4.39. The van der Waals surface area contributed by atoms with Gasteiger partial charge in [-0.3, -0.25) is 4.79 Å². The Labute approximate surface area is 142 Å². The minimum atomic E-state index is -0.223. The van der Waals surface area contributed by atoms with Gasteiger partial charge in [0.2, 0.25) is 0 Å². The Kier molecular flexibility index (Phi) is 5.13. The van der Waals surface area contributed by atoms with Crippen molar-refractivity contribution < 1.29 is 9.53 Å². The van der Waals surface area contributed by atoms with Crippen molar-refractivity contribution in [1.29, 1.82) is 0 Å². The Bertz CT molecular complexity index is 562. The molecule has 0 bridgehead atoms. The summed E-state index contributed by atoms with van der Waals surface area (Å²) in [7, 11) is 0. The van der Waals surface area contributed by atoms with Gasteiger partial charge in [0, 0.05) is 38.5 Å². The van der Waals surface area contributed by atoms with Crippen molar-refractivity contribution in [2.24, 2.45) is 0 Å². The van der Waals surface area contributed by atoms with Gasteiger partial charge in [0.05, 0.1) is 0 Å². The number of rotatable bonds is 2. The molecule has 2 fully saturated rings. The summed E-state index contributed by atoms with van der Waals surface area (Å²) in [5.41, 5.74) is 2.22. The Morgan fingerprint density at radius 3 is 2.43 bits per heavy atom. The van der Waals surface area contributed by atoms with Crippen LogP contribution in [0.2, 0.25) is 0 Å². The summed E-state index contributed by atoms with van der Waals surface area (Å²) in [5.74, 6) is 0.138. The zero-order valence-corrected chi connectivity index (χ0v) is 14.3. The van der Waals surface area contributed by atoms with E-state index in [1.165, 1.54) is 5.56 Å². The van der Waals surface area contributed by atoms with Gasteiger partial charge in [-0.1, -0.05) is 17.7 Å². The highest BCUT2D eigenvalue weighted by atomic mass is 32.1. The first-order valence-electron chi connectivity index (χ1n) is 8.16. The predicted octanol–water partition coefficient (Wildman–Crippen LogP) is 2.02. The molecule has 0 saturated carbocycles. The van der Waals surface area contributed by atoms with Crippen LogP contribution in [-0.2, 0) is 9.53 Å². The highest BCUT2D eigenvalue weighted by Gasteiger charge is 2.30. The molecule has 1 unspecified atom stereocenters. The summed E-state index contributed by atoms with van der Waals surface area (Å²) < 4.78 is 5.49. The van der Waals surface area contributed by atoms with Crippen molar-refractivity contribution in [3.05, 3.63) is 29.8 Å². The number of hydrogen-bond acceptors (Lipinski definition) is 3. The molecule has 6 heteroatoms. The van der Waals surface area contributed by atoms with E-state index in [4.69, 9.17) is 17.0 Å². The number of nitrogens with zero attached hydrogens (tertiary/aromatic N) is 2. The average Bonchev–Trinajstić information content (AvgIpc) is 3.11. The van der Waals surface area contributed by atoms with Gasteiger partial charge in [-0.25, -0.2) is 0 Å². The van der Waals surface area contributed by atoms with Crippen molar-refractivity contribution in [3.8, 4) is 0 Å². The Morgan fingerprint density at radius 1 is 1.17 bits per heavy atom. The van der Waals surface area contributed by atoms with Crippen LogP contribution in [0.4, 0.5) is 5.69 Å². The number of hydrogen-bond donors (Lipinski definition) is 1. The molecule has 124 valence electrons. The molecular formula is C17H23N3O2S. The zero-order chi connectivity index (χ0) is 16.2. The van der Waals surface area contributed by atoms with Gasteiger partial charge in [-0.2, -0.15) is 0 Å². The number of nitrogens with one attached hydrogen (secondary N) is 1. The van der Waals surface area contributed by atoms with Crippen LogP contribution >= 0.6 is 12.2 Å². The van der Waals surface area contributed by atoms with Gasteiger partial charge in [0.15, 0.2) is 5.11 Å². The van der Waals surface area contributed by atoms with Gasteiger partial charge in [-0.15, -0.1) is 0 Å². The third kappa shape index (κ3) is 4.00. The molecule has 0 aliphatic carbocycles. The number of piperazine rings is 1. The zero-order valence-electron chi connectivity index (χ0n) is 13.5. The molecule has 2 saturated heterocycles. The van der Waals surface area contributed by atoms with Gasteiger partial charge in [-0.05, 0) is 44.1 Å². The summed E-state index contributed by atoms with van der Waals surface area (Å²) in [6, 6.07) is 8.17. The summed E-state index contributed by atoms with van der Waals surface area (Å²) >= 11 is 5.49. The molecule has 3 rings (SSSR count). The third-order valence-corrected chi connectivity index (χ3v) is 4.75.